The first kappa shape index (κ1) is 13.3. The number of aromatic nitrogens is 2. The largest absolute Gasteiger partial charge is 0.321 e. The fourth-order valence-corrected chi connectivity index (χ4v) is 3.49. The van der Waals surface area contributed by atoms with Gasteiger partial charge < -0.3 is 5.32 Å². The number of hydrogen-bond acceptors (Lipinski definition) is 3. The van der Waals surface area contributed by atoms with E-state index in [1.54, 1.807) is 0 Å². The number of rotatable bonds is 2. The third kappa shape index (κ3) is 2.36. The van der Waals surface area contributed by atoms with Crippen LogP contribution in [0, 0.1) is 6.92 Å². The van der Waals surface area contributed by atoms with Gasteiger partial charge in [-0.15, -0.1) is 11.3 Å². The van der Waals surface area contributed by atoms with Crippen molar-refractivity contribution in [2.24, 2.45) is 7.05 Å². The molecule has 0 aliphatic carbocycles. The molecule has 3 aromatic rings. The van der Waals surface area contributed by atoms with Gasteiger partial charge in [0.1, 0.15) is 4.83 Å². The average molecular weight is 350 g/mol. The zero-order valence-corrected chi connectivity index (χ0v) is 13.4. The van der Waals surface area contributed by atoms with Gasteiger partial charge in [-0.2, -0.15) is 5.10 Å². The lowest BCUT2D eigenvalue weighted by molar-refractivity contribution is 0.103. The molecule has 0 unspecified atom stereocenters. The minimum atomic E-state index is -0.0938. The summed E-state index contributed by atoms with van der Waals surface area (Å²) in [5, 5.41) is 8.27. The molecule has 20 heavy (non-hydrogen) atoms. The Morgan fingerprint density at radius 2 is 2.20 bits per heavy atom. The SMILES string of the molecule is Cc1nn(C)c2sc(C(=O)Nc3cccc(Br)c3)cc12. The Bertz CT molecular complexity index is 771. The first-order valence-electron chi connectivity index (χ1n) is 6.04. The second kappa shape index (κ2) is 5.03. The van der Waals surface area contributed by atoms with Crippen LogP contribution >= 0.6 is 27.3 Å². The monoisotopic (exact) mass is 349 g/mol. The minimum absolute atomic E-state index is 0.0938. The first-order valence-corrected chi connectivity index (χ1v) is 7.65. The Labute approximate surface area is 128 Å². The van der Waals surface area contributed by atoms with E-state index in [2.05, 4.69) is 26.3 Å². The predicted octanol–water partition coefficient (Wildman–Crippen LogP) is 3.96. The summed E-state index contributed by atoms with van der Waals surface area (Å²) >= 11 is 4.84. The van der Waals surface area contributed by atoms with Crippen molar-refractivity contribution in [2.75, 3.05) is 5.32 Å². The smallest absolute Gasteiger partial charge is 0.265 e. The number of aryl methyl sites for hydroxylation is 2. The maximum absolute atomic E-state index is 12.3. The van der Waals surface area contributed by atoms with Crippen molar-refractivity contribution in [3.63, 3.8) is 0 Å². The number of nitrogens with zero attached hydrogens (tertiary/aromatic N) is 2. The highest BCUT2D eigenvalue weighted by molar-refractivity contribution is 9.10. The van der Waals surface area contributed by atoms with Crippen molar-refractivity contribution in [1.82, 2.24) is 9.78 Å². The Hall–Kier alpha value is -1.66. The summed E-state index contributed by atoms with van der Waals surface area (Å²) in [6, 6.07) is 9.44. The molecule has 0 aliphatic heterocycles. The molecule has 0 saturated heterocycles. The van der Waals surface area contributed by atoms with Gasteiger partial charge in [-0.1, -0.05) is 22.0 Å². The van der Waals surface area contributed by atoms with Crippen molar-refractivity contribution in [2.45, 2.75) is 6.92 Å². The lowest BCUT2D eigenvalue weighted by atomic mass is 10.3. The van der Waals surface area contributed by atoms with E-state index < -0.39 is 0 Å². The van der Waals surface area contributed by atoms with Gasteiger partial charge in [0.2, 0.25) is 0 Å². The summed E-state index contributed by atoms with van der Waals surface area (Å²) in [5.41, 5.74) is 1.72. The van der Waals surface area contributed by atoms with Crippen LogP contribution in [0.1, 0.15) is 15.4 Å². The van der Waals surface area contributed by atoms with E-state index in [-0.39, 0.29) is 5.91 Å². The number of fused-ring (bicyclic) bond motifs is 1. The number of carbonyl (C=O) groups excluding carboxylic acids is 1. The summed E-state index contributed by atoms with van der Waals surface area (Å²) < 4.78 is 2.75. The maximum atomic E-state index is 12.3. The van der Waals surface area contributed by atoms with Gasteiger partial charge in [-0.05, 0) is 31.2 Å². The van der Waals surface area contributed by atoms with Gasteiger partial charge in [0.15, 0.2) is 0 Å². The molecule has 1 N–H and O–H groups in total. The van der Waals surface area contributed by atoms with Gasteiger partial charge in [-0.3, -0.25) is 9.48 Å². The highest BCUT2D eigenvalue weighted by Crippen LogP contribution is 2.28. The van der Waals surface area contributed by atoms with Gasteiger partial charge >= 0.3 is 0 Å². The molecule has 3 rings (SSSR count). The first-order chi connectivity index (χ1) is 9.54. The standard InChI is InChI=1S/C14H12BrN3OS/c1-8-11-7-12(20-14(11)18(2)17-8)13(19)16-10-5-3-4-9(15)6-10/h3-7H,1-2H3,(H,16,19). The van der Waals surface area contributed by atoms with Crippen LogP contribution in [0.3, 0.4) is 0 Å². The predicted molar refractivity (Wildman–Crippen MR) is 85.4 cm³/mol. The van der Waals surface area contributed by atoms with Crippen molar-refractivity contribution in [3.8, 4) is 0 Å². The molecule has 6 heteroatoms. The second-order valence-corrected chi connectivity index (χ2v) is 6.45. The molecule has 102 valence electrons. The van der Waals surface area contributed by atoms with E-state index in [0.29, 0.717) is 4.88 Å². The van der Waals surface area contributed by atoms with Crippen LogP contribution in [0.5, 0.6) is 0 Å². The number of carbonyl (C=O) groups is 1. The summed E-state index contributed by atoms with van der Waals surface area (Å²) in [6.45, 7) is 1.95. The molecule has 0 aliphatic rings. The highest BCUT2D eigenvalue weighted by atomic mass is 79.9. The zero-order valence-electron chi connectivity index (χ0n) is 11.0. The lowest BCUT2D eigenvalue weighted by Gasteiger charge is -2.03. The number of amides is 1. The summed E-state index contributed by atoms with van der Waals surface area (Å²) in [6.07, 6.45) is 0. The van der Waals surface area contributed by atoms with Gasteiger partial charge in [0.25, 0.3) is 5.91 Å². The molecule has 1 amide bonds. The number of nitrogens with one attached hydrogen (secondary N) is 1. The van der Waals surface area contributed by atoms with Gasteiger partial charge in [0, 0.05) is 22.6 Å². The fraction of sp³-hybridized carbons (Fsp3) is 0.143. The van der Waals surface area contributed by atoms with Crippen LogP contribution in [0.4, 0.5) is 5.69 Å². The third-order valence-corrected chi connectivity index (χ3v) is 4.70. The molecule has 1 aromatic carbocycles. The molecule has 2 aromatic heterocycles. The molecule has 0 radical (unpaired) electrons. The maximum Gasteiger partial charge on any atom is 0.265 e. The average Bonchev–Trinajstić information content (AvgIpc) is 2.92. The molecule has 0 atom stereocenters. The van der Waals surface area contributed by atoms with E-state index >= 15 is 0 Å². The van der Waals surface area contributed by atoms with Crippen LogP contribution in [-0.2, 0) is 7.05 Å². The van der Waals surface area contributed by atoms with Gasteiger partial charge in [0.05, 0.1) is 10.6 Å². The van der Waals surface area contributed by atoms with Crippen molar-refractivity contribution < 1.29 is 4.79 Å². The van der Waals surface area contributed by atoms with Gasteiger partial charge in [-0.25, -0.2) is 0 Å². The Kier molecular flexibility index (Phi) is 3.35. The summed E-state index contributed by atoms with van der Waals surface area (Å²) in [5.74, 6) is -0.0938. The zero-order chi connectivity index (χ0) is 14.3. The van der Waals surface area contributed by atoms with Crippen LogP contribution in [0.15, 0.2) is 34.8 Å². The Morgan fingerprint density at radius 1 is 1.40 bits per heavy atom. The van der Waals surface area contributed by atoms with E-state index in [1.807, 2.05) is 49.0 Å². The van der Waals surface area contributed by atoms with Crippen molar-refractivity contribution >= 4 is 49.1 Å². The summed E-state index contributed by atoms with van der Waals surface area (Å²) in [7, 11) is 1.89. The molecule has 4 nitrogen and oxygen atoms in total. The van der Waals surface area contributed by atoms with E-state index in [1.165, 1.54) is 11.3 Å². The van der Waals surface area contributed by atoms with Crippen LogP contribution < -0.4 is 5.32 Å². The van der Waals surface area contributed by atoms with Crippen LogP contribution in [-0.4, -0.2) is 15.7 Å². The molecular weight excluding hydrogens is 338 g/mol. The third-order valence-electron chi connectivity index (χ3n) is 3.00. The highest BCUT2D eigenvalue weighted by Gasteiger charge is 2.15. The number of halogens is 1. The van der Waals surface area contributed by atoms with E-state index in [9.17, 15) is 4.79 Å². The van der Waals surface area contributed by atoms with E-state index in [4.69, 9.17) is 0 Å². The van der Waals surface area contributed by atoms with Crippen molar-refractivity contribution in [3.05, 3.63) is 45.4 Å². The number of benzene rings is 1. The van der Waals surface area contributed by atoms with Crippen molar-refractivity contribution in [1.29, 1.82) is 0 Å². The number of thiophene rings is 1. The minimum Gasteiger partial charge on any atom is -0.321 e. The molecular formula is C14H12BrN3OS. The normalized spacial score (nSPS) is 10.9. The fourth-order valence-electron chi connectivity index (χ4n) is 2.08. The van der Waals surface area contributed by atoms with E-state index in [0.717, 1.165) is 26.1 Å². The summed E-state index contributed by atoms with van der Waals surface area (Å²) in [4.78, 5) is 14.0. The molecule has 0 spiro atoms. The van der Waals surface area contributed by atoms with Crippen LogP contribution in [0.25, 0.3) is 10.2 Å². The molecule has 0 saturated carbocycles. The Balaban J connectivity index is 1.91. The molecule has 0 fully saturated rings. The quantitative estimate of drug-likeness (QED) is 0.761. The lowest BCUT2D eigenvalue weighted by Crippen LogP contribution is -2.09. The Morgan fingerprint density at radius 3 is 2.90 bits per heavy atom. The number of anilines is 1. The second-order valence-electron chi connectivity index (χ2n) is 4.50. The number of hydrogen-bond donors (Lipinski definition) is 1. The molecule has 2 heterocycles. The van der Waals surface area contributed by atoms with Crippen LogP contribution in [0.2, 0.25) is 0 Å². The molecule has 0 bridgehead atoms. The topological polar surface area (TPSA) is 46.9 Å².